The van der Waals surface area contributed by atoms with Crippen molar-refractivity contribution < 1.29 is 9.47 Å². The highest BCUT2D eigenvalue weighted by Crippen LogP contribution is 2.35. The van der Waals surface area contributed by atoms with Crippen LogP contribution in [0, 0.1) is 5.92 Å². The molecule has 1 aromatic rings. The van der Waals surface area contributed by atoms with E-state index < -0.39 is 0 Å². The van der Waals surface area contributed by atoms with E-state index in [-0.39, 0.29) is 5.41 Å². The second-order valence-corrected chi connectivity index (χ2v) is 6.23. The Kier molecular flexibility index (Phi) is 4.87. The van der Waals surface area contributed by atoms with Crippen LogP contribution in [-0.2, 0) is 10.2 Å². The Morgan fingerprint density at radius 1 is 1.26 bits per heavy atom. The Bertz CT molecular complexity index is 392. The van der Waals surface area contributed by atoms with Gasteiger partial charge in [0.05, 0.1) is 6.61 Å². The summed E-state index contributed by atoms with van der Waals surface area (Å²) in [5.41, 5.74) is 1.63. The van der Waals surface area contributed by atoms with Crippen molar-refractivity contribution in [3.05, 3.63) is 29.8 Å². The van der Waals surface area contributed by atoms with Crippen LogP contribution in [0.4, 0.5) is 0 Å². The van der Waals surface area contributed by atoms with Crippen molar-refractivity contribution in [1.82, 2.24) is 0 Å². The summed E-state index contributed by atoms with van der Waals surface area (Å²) in [6, 6.07) is 8.61. The standard InChI is InChI=1S/C17H26O2/c1-14(2)7-10-19-16-6-4-5-15(13-16)17(3)8-11-18-12-9-17/h4-6,13-14H,7-12H2,1-3H3. The zero-order valence-electron chi connectivity index (χ0n) is 12.4. The molecule has 1 heterocycles. The fourth-order valence-electron chi connectivity index (χ4n) is 2.48. The van der Waals surface area contributed by atoms with Gasteiger partial charge in [0.2, 0.25) is 0 Å². The van der Waals surface area contributed by atoms with Crippen LogP contribution in [-0.4, -0.2) is 19.8 Å². The van der Waals surface area contributed by atoms with Crippen molar-refractivity contribution in [1.29, 1.82) is 0 Å². The van der Waals surface area contributed by atoms with E-state index in [1.165, 1.54) is 5.56 Å². The van der Waals surface area contributed by atoms with Crippen molar-refractivity contribution in [3.8, 4) is 5.75 Å². The Morgan fingerprint density at radius 3 is 2.68 bits per heavy atom. The van der Waals surface area contributed by atoms with E-state index in [4.69, 9.17) is 9.47 Å². The number of rotatable bonds is 5. The van der Waals surface area contributed by atoms with Gasteiger partial charge in [0.25, 0.3) is 0 Å². The summed E-state index contributed by atoms with van der Waals surface area (Å²) in [6.07, 6.45) is 3.31. The highest BCUT2D eigenvalue weighted by molar-refractivity contribution is 5.33. The minimum absolute atomic E-state index is 0.246. The average Bonchev–Trinajstić information content (AvgIpc) is 2.39. The summed E-state index contributed by atoms with van der Waals surface area (Å²) in [5, 5.41) is 0. The Balaban J connectivity index is 2.02. The third kappa shape index (κ3) is 3.97. The third-order valence-corrected chi connectivity index (χ3v) is 4.09. The third-order valence-electron chi connectivity index (χ3n) is 4.09. The Hall–Kier alpha value is -1.02. The zero-order valence-corrected chi connectivity index (χ0v) is 12.4. The first kappa shape index (κ1) is 14.4. The van der Waals surface area contributed by atoms with Crippen molar-refractivity contribution >= 4 is 0 Å². The number of hydrogen-bond acceptors (Lipinski definition) is 2. The van der Waals surface area contributed by atoms with Crippen LogP contribution in [0.2, 0.25) is 0 Å². The van der Waals surface area contributed by atoms with E-state index in [2.05, 4.69) is 45.0 Å². The van der Waals surface area contributed by atoms with Crippen molar-refractivity contribution in [2.24, 2.45) is 5.92 Å². The van der Waals surface area contributed by atoms with Gasteiger partial charge in [-0.2, -0.15) is 0 Å². The molecule has 2 rings (SSSR count). The molecule has 0 amide bonds. The zero-order chi connectivity index (χ0) is 13.7. The summed E-state index contributed by atoms with van der Waals surface area (Å²) in [5.74, 6) is 1.70. The molecule has 0 N–H and O–H groups in total. The van der Waals surface area contributed by atoms with E-state index >= 15 is 0 Å². The van der Waals surface area contributed by atoms with E-state index in [9.17, 15) is 0 Å². The summed E-state index contributed by atoms with van der Waals surface area (Å²) < 4.78 is 11.3. The lowest BCUT2D eigenvalue weighted by Crippen LogP contribution is -2.30. The smallest absolute Gasteiger partial charge is 0.119 e. The summed E-state index contributed by atoms with van der Waals surface area (Å²) in [4.78, 5) is 0. The molecule has 1 saturated heterocycles. The summed E-state index contributed by atoms with van der Waals surface area (Å²) >= 11 is 0. The minimum atomic E-state index is 0.246. The summed E-state index contributed by atoms with van der Waals surface area (Å²) in [6.45, 7) is 9.33. The molecule has 0 saturated carbocycles. The molecule has 1 aliphatic heterocycles. The highest BCUT2D eigenvalue weighted by Gasteiger charge is 2.29. The molecular formula is C17H26O2. The average molecular weight is 262 g/mol. The molecule has 0 aromatic heterocycles. The number of ether oxygens (including phenoxy) is 2. The van der Waals surface area contributed by atoms with Crippen molar-refractivity contribution in [3.63, 3.8) is 0 Å². The maximum absolute atomic E-state index is 5.86. The van der Waals surface area contributed by atoms with E-state index in [0.29, 0.717) is 5.92 Å². The second kappa shape index (κ2) is 6.42. The van der Waals surface area contributed by atoms with Gasteiger partial charge in [0.15, 0.2) is 0 Å². The fourth-order valence-corrected chi connectivity index (χ4v) is 2.48. The maximum Gasteiger partial charge on any atom is 0.119 e. The van der Waals surface area contributed by atoms with E-state index in [0.717, 1.165) is 44.8 Å². The van der Waals surface area contributed by atoms with Crippen molar-refractivity contribution in [2.45, 2.75) is 45.4 Å². The minimum Gasteiger partial charge on any atom is -0.494 e. The molecule has 0 aliphatic carbocycles. The predicted molar refractivity (Wildman–Crippen MR) is 78.8 cm³/mol. The molecule has 0 atom stereocenters. The number of hydrogen-bond donors (Lipinski definition) is 0. The molecular weight excluding hydrogens is 236 g/mol. The monoisotopic (exact) mass is 262 g/mol. The molecule has 1 aromatic carbocycles. The largest absolute Gasteiger partial charge is 0.494 e. The first-order chi connectivity index (χ1) is 9.10. The van der Waals surface area contributed by atoms with E-state index in [1.54, 1.807) is 0 Å². The van der Waals surface area contributed by atoms with Crippen LogP contribution >= 0.6 is 0 Å². The number of benzene rings is 1. The molecule has 19 heavy (non-hydrogen) atoms. The maximum atomic E-state index is 5.86. The highest BCUT2D eigenvalue weighted by atomic mass is 16.5. The van der Waals surface area contributed by atoms with Crippen LogP contribution < -0.4 is 4.74 Å². The SMILES string of the molecule is CC(C)CCOc1cccc(C2(C)CCOCC2)c1. The van der Waals surface area contributed by atoms with Gasteiger partial charge in [0, 0.05) is 13.2 Å². The van der Waals surface area contributed by atoms with Gasteiger partial charge in [-0.25, -0.2) is 0 Å². The lowest BCUT2D eigenvalue weighted by atomic mass is 9.76. The molecule has 2 heteroatoms. The lowest BCUT2D eigenvalue weighted by Gasteiger charge is -2.34. The summed E-state index contributed by atoms with van der Waals surface area (Å²) in [7, 11) is 0. The van der Waals surface area contributed by atoms with Crippen LogP contribution in [0.15, 0.2) is 24.3 Å². The van der Waals surface area contributed by atoms with Crippen LogP contribution in [0.1, 0.15) is 45.6 Å². The first-order valence-corrected chi connectivity index (χ1v) is 7.41. The van der Waals surface area contributed by atoms with Gasteiger partial charge in [-0.15, -0.1) is 0 Å². The van der Waals surface area contributed by atoms with Crippen LogP contribution in [0.5, 0.6) is 5.75 Å². The Labute approximate surface area is 117 Å². The Morgan fingerprint density at radius 2 is 2.00 bits per heavy atom. The molecule has 2 nitrogen and oxygen atoms in total. The van der Waals surface area contributed by atoms with Gasteiger partial charge in [0.1, 0.15) is 5.75 Å². The second-order valence-electron chi connectivity index (χ2n) is 6.23. The molecule has 0 spiro atoms. The van der Waals surface area contributed by atoms with Gasteiger partial charge >= 0.3 is 0 Å². The fraction of sp³-hybridized carbons (Fsp3) is 0.647. The normalized spacial score (nSPS) is 18.5. The predicted octanol–water partition coefficient (Wildman–Crippen LogP) is 4.18. The van der Waals surface area contributed by atoms with Crippen LogP contribution in [0.3, 0.4) is 0 Å². The lowest BCUT2D eigenvalue weighted by molar-refractivity contribution is 0.0563. The van der Waals surface area contributed by atoms with Gasteiger partial charge in [-0.1, -0.05) is 32.9 Å². The van der Waals surface area contributed by atoms with Gasteiger partial charge in [-0.3, -0.25) is 0 Å². The topological polar surface area (TPSA) is 18.5 Å². The van der Waals surface area contributed by atoms with Crippen LogP contribution in [0.25, 0.3) is 0 Å². The molecule has 1 fully saturated rings. The van der Waals surface area contributed by atoms with Gasteiger partial charge < -0.3 is 9.47 Å². The first-order valence-electron chi connectivity index (χ1n) is 7.41. The molecule has 106 valence electrons. The van der Waals surface area contributed by atoms with Gasteiger partial charge in [-0.05, 0) is 48.3 Å². The molecule has 0 unspecified atom stereocenters. The molecule has 1 aliphatic rings. The molecule has 0 radical (unpaired) electrons. The quantitative estimate of drug-likeness (QED) is 0.792. The molecule has 0 bridgehead atoms. The van der Waals surface area contributed by atoms with Crippen molar-refractivity contribution in [2.75, 3.05) is 19.8 Å². The van der Waals surface area contributed by atoms with E-state index in [1.807, 2.05) is 0 Å².